The molecule has 2 aromatic heterocycles. The predicted octanol–water partition coefficient (Wildman–Crippen LogP) is 4.80. The van der Waals surface area contributed by atoms with Crippen molar-refractivity contribution in [1.82, 2.24) is 19.5 Å². The van der Waals surface area contributed by atoms with Crippen LogP contribution in [0.15, 0.2) is 64.5 Å². The molecule has 2 aromatic carbocycles. The second kappa shape index (κ2) is 7.57. The lowest BCUT2D eigenvalue weighted by Crippen LogP contribution is -2.16. The Labute approximate surface area is 176 Å². The molecule has 0 aliphatic heterocycles. The average molecular weight is 427 g/mol. The van der Waals surface area contributed by atoms with E-state index in [1.54, 1.807) is 17.8 Å². The maximum absolute atomic E-state index is 12.7. The Bertz CT molecular complexity index is 1230. The van der Waals surface area contributed by atoms with Gasteiger partial charge < -0.3 is 4.74 Å². The van der Waals surface area contributed by atoms with E-state index in [0.717, 1.165) is 4.90 Å². The fourth-order valence-electron chi connectivity index (χ4n) is 3.20. The first-order valence-electron chi connectivity index (χ1n) is 8.95. The molecular weight excluding hydrogens is 408 g/mol. The molecule has 4 aromatic rings. The van der Waals surface area contributed by atoms with Crippen molar-refractivity contribution in [3.05, 3.63) is 75.9 Å². The minimum Gasteiger partial charge on any atom is -0.479 e. The van der Waals surface area contributed by atoms with E-state index in [2.05, 4.69) is 40.9 Å². The number of nitrogens with zero attached hydrogens (tertiary/aromatic N) is 3. The van der Waals surface area contributed by atoms with Crippen molar-refractivity contribution < 1.29 is 4.74 Å². The number of nitrogens with one attached hydrogen (secondary N) is 1. The Morgan fingerprint density at radius 2 is 1.90 bits per heavy atom. The number of aromatic amines is 1. The molecule has 0 aliphatic carbocycles. The van der Waals surface area contributed by atoms with Crippen molar-refractivity contribution in [1.29, 1.82) is 0 Å². The number of hydrogen-bond acceptors (Lipinski definition) is 5. The summed E-state index contributed by atoms with van der Waals surface area (Å²) in [5.41, 5.74) is 2.25. The van der Waals surface area contributed by atoms with E-state index in [1.807, 2.05) is 30.3 Å². The topological polar surface area (TPSA) is 72.8 Å². The zero-order chi connectivity index (χ0) is 20.6. The number of H-pyrrole nitrogens is 1. The molecule has 6 nitrogen and oxygen atoms in total. The molecule has 0 spiro atoms. The summed E-state index contributed by atoms with van der Waals surface area (Å²) in [7, 11) is 1.49. The van der Waals surface area contributed by atoms with Crippen LogP contribution in [0.25, 0.3) is 16.9 Å². The third-order valence-corrected chi connectivity index (χ3v) is 6.19. The summed E-state index contributed by atoms with van der Waals surface area (Å²) in [6.07, 6.45) is 1.36. The third kappa shape index (κ3) is 3.63. The first kappa shape index (κ1) is 19.5. The highest BCUT2D eigenvalue weighted by atomic mass is 35.5. The van der Waals surface area contributed by atoms with Gasteiger partial charge in [0.2, 0.25) is 5.88 Å². The van der Waals surface area contributed by atoms with Crippen molar-refractivity contribution in [3.63, 3.8) is 0 Å². The Morgan fingerprint density at radius 1 is 1.14 bits per heavy atom. The van der Waals surface area contributed by atoms with E-state index in [9.17, 15) is 4.79 Å². The smallest absolute Gasteiger partial charge is 0.332 e. The number of halogens is 1. The van der Waals surface area contributed by atoms with Crippen molar-refractivity contribution in [2.45, 2.75) is 23.5 Å². The van der Waals surface area contributed by atoms with E-state index in [1.165, 1.54) is 23.6 Å². The zero-order valence-electron chi connectivity index (χ0n) is 16.1. The highest BCUT2D eigenvalue weighted by molar-refractivity contribution is 8.00. The summed E-state index contributed by atoms with van der Waals surface area (Å²) in [4.78, 5) is 24.7. The predicted molar refractivity (Wildman–Crippen MR) is 116 cm³/mol. The molecule has 0 unspecified atom stereocenters. The van der Waals surface area contributed by atoms with Crippen molar-refractivity contribution in [3.8, 4) is 11.6 Å². The summed E-state index contributed by atoms with van der Waals surface area (Å²) in [6, 6.07) is 15.9. The molecule has 148 valence electrons. The first-order chi connectivity index (χ1) is 13.9. The SMILES string of the molecule is COc1ncnc2c1[nH]c(=O)n2-c1cc(SC(C)(C)c2ccccc2)ccc1Cl. The molecule has 8 heteroatoms. The Hall–Kier alpha value is -2.77. The fraction of sp³-hybridized carbons (Fsp3) is 0.190. The van der Waals surface area contributed by atoms with E-state index in [4.69, 9.17) is 16.3 Å². The molecule has 0 fully saturated rings. The van der Waals surface area contributed by atoms with Crippen molar-refractivity contribution in [2.75, 3.05) is 7.11 Å². The van der Waals surface area contributed by atoms with Crippen LogP contribution in [0.3, 0.4) is 0 Å². The first-order valence-corrected chi connectivity index (χ1v) is 10.1. The molecule has 0 radical (unpaired) electrons. The van der Waals surface area contributed by atoms with E-state index >= 15 is 0 Å². The Morgan fingerprint density at radius 3 is 2.62 bits per heavy atom. The molecule has 0 atom stereocenters. The lowest BCUT2D eigenvalue weighted by Gasteiger charge is -2.25. The van der Waals surface area contributed by atoms with Gasteiger partial charge in [-0.05, 0) is 37.6 Å². The number of ether oxygens (including phenoxy) is 1. The summed E-state index contributed by atoms with van der Waals surface area (Å²) in [5.74, 6) is 0.303. The van der Waals surface area contributed by atoms with Crippen LogP contribution < -0.4 is 10.4 Å². The van der Waals surface area contributed by atoms with Gasteiger partial charge in [-0.3, -0.25) is 4.98 Å². The van der Waals surface area contributed by atoms with Gasteiger partial charge in [-0.1, -0.05) is 41.9 Å². The standard InChI is InChI=1S/C21H19ClN4O2S/c1-21(2,13-7-5-4-6-8-13)29-14-9-10-15(22)16(11-14)26-18-17(25-20(26)27)19(28-3)24-12-23-18/h4-12H,1-3H3,(H,25,27). The minimum atomic E-state index is -0.356. The van der Waals surface area contributed by atoms with Crippen LogP contribution in [0, 0.1) is 0 Å². The molecule has 0 amide bonds. The number of benzene rings is 2. The van der Waals surface area contributed by atoms with Crippen molar-refractivity contribution >= 4 is 34.5 Å². The number of fused-ring (bicyclic) bond motifs is 1. The van der Waals surface area contributed by atoms with Crippen LogP contribution >= 0.6 is 23.4 Å². The summed E-state index contributed by atoms with van der Waals surface area (Å²) in [5, 5.41) is 0.451. The number of hydrogen-bond donors (Lipinski definition) is 1. The van der Waals surface area contributed by atoms with Crippen LogP contribution in [0.1, 0.15) is 19.4 Å². The molecule has 1 N–H and O–H groups in total. The number of aromatic nitrogens is 4. The van der Waals surface area contributed by atoms with Crippen LogP contribution in [0.2, 0.25) is 5.02 Å². The van der Waals surface area contributed by atoms with Gasteiger partial charge in [0.25, 0.3) is 0 Å². The Balaban J connectivity index is 1.80. The molecular formula is C21H19ClN4O2S. The van der Waals surface area contributed by atoms with Gasteiger partial charge in [-0.15, -0.1) is 11.8 Å². The Kier molecular flexibility index (Phi) is 5.10. The van der Waals surface area contributed by atoms with Gasteiger partial charge in [0, 0.05) is 9.64 Å². The normalized spacial score (nSPS) is 11.7. The fourth-order valence-corrected chi connectivity index (χ4v) is 4.55. The second-order valence-corrected chi connectivity index (χ2v) is 9.04. The quantitative estimate of drug-likeness (QED) is 0.464. The van der Waals surface area contributed by atoms with Gasteiger partial charge in [-0.25, -0.2) is 14.3 Å². The van der Waals surface area contributed by atoms with Crippen molar-refractivity contribution in [2.24, 2.45) is 0 Å². The van der Waals surface area contributed by atoms with Crippen LogP contribution in [-0.2, 0) is 4.75 Å². The number of rotatable bonds is 5. The highest BCUT2D eigenvalue weighted by Gasteiger charge is 2.23. The number of methoxy groups -OCH3 is 1. The molecule has 0 aliphatic rings. The van der Waals surface area contributed by atoms with Gasteiger partial charge in [0.05, 0.1) is 17.8 Å². The lowest BCUT2D eigenvalue weighted by molar-refractivity contribution is 0.401. The number of imidazole rings is 1. The summed E-state index contributed by atoms with van der Waals surface area (Å²) >= 11 is 8.16. The van der Waals surface area contributed by atoms with Crippen LogP contribution in [0.4, 0.5) is 0 Å². The second-order valence-electron chi connectivity index (χ2n) is 6.94. The summed E-state index contributed by atoms with van der Waals surface area (Å²) in [6.45, 7) is 4.33. The molecule has 4 rings (SSSR count). The third-order valence-electron chi connectivity index (χ3n) is 4.63. The van der Waals surface area contributed by atoms with E-state index < -0.39 is 0 Å². The molecule has 0 saturated heterocycles. The largest absolute Gasteiger partial charge is 0.479 e. The molecule has 0 saturated carbocycles. The highest BCUT2D eigenvalue weighted by Crippen LogP contribution is 2.42. The maximum Gasteiger partial charge on any atom is 0.332 e. The molecule has 2 heterocycles. The zero-order valence-corrected chi connectivity index (χ0v) is 17.7. The van der Waals surface area contributed by atoms with Gasteiger partial charge in [-0.2, -0.15) is 4.98 Å². The molecule has 0 bridgehead atoms. The van der Waals surface area contributed by atoms with E-state index in [0.29, 0.717) is 27.8 Å². The van der Waals surface area contributed by atoms with Gasteiger partial charge in [0.15, 0.2) is 5.65 Å². The molecule has 29 heavy (non-hydrogen) atoms. The minimum absolute atomic E-state index is 0.164. The van der Waals surface area contributed by atoms with E-state index in [-0.39, 0.29) is 10.4 Å². The monoisotopic (exact) mass is 426 g/mol. The number of thioether (sulfide) groups is 1. The van der Waals surface area contributed by atoms with Crippen LogP contribution in [0.5, 0.6) is 5.88 Å². The van der Waals surface area contributed by atoms with Crippen LogP contribution in [-0.4, -0.2) is 26.6 Å². The van der Waals surface area contributed by atoms with Gasteiger partial charge in [0.1, 0.15) is 11.8 Å². The average Bonchev–Trinajstić information content (AvgIpc) is 3.05. The van der Waals surface area contributed by atoms with Gasteiger partial charge >= 0.3 is 5.69 Å². The summed E-state index contributed by atoms with van der Waals surface area (Å²) < 4.78 is 6.51. The lowest BCUT2D eigenvalue weighted by atomic mass is 10.0. The maximum atomic E-state index is 12.7.